The lowest BCUT2D eigenvalue weighted by Gasteiger charge is -2.54. The number of ether oxygens (including phenoxy) is 2. The first kappa shape index (κ1) is 19.2. The van der Waals surface area contributed by atoms with Crippen molar-refractivity contribution in [1.82, 2.24) is 10.2 Å². The molecular formula is C21H32N2O3. The van der Waals surface area contributed by atoms with Crippen molar-refractivity contribution in [2.75, 3.05) is 26.8 Å². The molecule has 2 aliphatic rings. The fourth-order valence-electron chi connectivity index (χ4n) is 4.53. The summed E-state index contributed by atoms with van der Waals surface area (Å²) in [4.78, 5) is 15.0. The Balaban J connectivity index is 1.79. The van der Waals surface area contributed by atoms with Gasteiger partial charge in [0.2, 0.25) is 0 Å². The molecule has 1 saturated heterocycles. The van der Waals surface area contributed by atoms with Crippen LogP contribution in [-0.2, 0) is 9.47 Å². The average Bonchev–Trinajstić information content (AvgIpc) is 2.76. The molecule has 2 fully saturated rings. The van der Waals surface area contributed by atoms with Crippen LogP contribution in [0, 0.1) is 5.41 Å². The molecule has 1 aliphatic heterocycles. The van der Waals surface area contributed by atoms with E-state index in [1.165, 1.54) is 5.56 Å². The molecule has 0 spiro atoms. The van der Waals surface area contributed by atoms with Gasteiger partial charge in [-0.15, -0.1) is 0 Å². The van der Waals surface area contributed by atoms with Crippen LogP contribution in [0.15, 0.2) is 30.3 Å². The Morgan fingerprint density at radius 1 is 1.23 bits per heavy atom. The molecule has 0 aromatic heterocycles. The number of carbonyl (C=O) groups excluding carboxylic acids is 1. The summed E-state index contributed by atoms with van der Waals surface area (Å²) in [5, 5.41) is 3.23. The van der Waals surface area contributed by atoms with Crippen LogP contribution in [0.4, 0.5) is 4.79 Å². The fraction of sp³-hybridized carbons (Fsp3) is 0.667. The first-order valence-corrected chi connectivity index (χ1v) is 9.49. The smallest absolute Gasteiger partial charge is 0.408 e. The number of carbonyl (C=O) groups is 1. The molecule has 144 valence electrons. The Hall–Kier alpha value is -1.59. The van der Waals surface area contributed by atoms with Gasteiger partial charge in [-0.2, -0.15) is 0 Å². The molecule has 0 bridgehead atoms. The Bertz CT molecular complexity index is 642. The second kappa shape index (κ2) is 6.86. The van der Waals surface area contributed by atoms with E-state index in [9.17, 15) is 4.79 Å². The summed E-state index contributed by atoms with van der Waals surface area (Å²) < 4.78 is 11.1. The van der Waals surface area contributed by atoms with Gasteiger partial charge >= 0.3 is 6.09 Å². The minimum Gasteiger partial charge on any atom is -0.444 e. The Morgan fingerprint density at radius 3 is 2.46 bits per heavy atom. The van der Waals surface area contributed by atoms with Crippen LogP contribution in [0.2, 0.25) is 0 Å². The molecule has 0 radical (unpaired) electrons. The van der Waals surface area contributed by atoms with Gasteiger partial charge in [-0.1, -0.05) is 30.3 Å². The highest BCUT2D eigenvalue weighted by molar-refractivity contribution is 5.69. The molecule has 1 heterocycles. The summed E-state index contributed by atoms with van der Waals surface area (Å²) >= 11 is 0. The fourth-order valence-corrected chi connectivity index (χ4v) is 4.53. The molecule has 1 amide bonds. The van der Waals surface area contributed by atoms with E-state index < -0.39 is 5.60 Å². The third-order valence-corrected chi connectivity index (χ3v) is 6.01. The van der Waals surface area contributed by atoms with Crippen molar-refractivity contribution >= 4 is 6.09 Å². The molecule has 1 aliphatic carbocycles. The van der Waals surface area contributed by atoms with Crippen LogP contribution in [-0.4, -0.2) is 48.9 Å². The second-order valence-corrected chi connectivity index (χ2v) is 8.91. The number of benzene rings is 1. The average molecular weight is 360 g/mol. The monoisotopic (exact) mass is 360 g/mol. The van der Waals surface area contributed by atoms with Gasteiger partial charge in [0.15, 0.2) is 0 Å². The van der Waals surface area contributed by atoms with Crippen molar-refractivity contribution in [2.24, 2.45) is 5.41 Å². The van der Waals surface area contributed by atoms with Crippen molar-refractivity contribution in [2.45, 2.75) is 57.7 Å². The lowest BCUT2D eigenvalue weighted by atomic mass is 9.56. The highest BCUT2D eigenvalue weighted by atomic mass is 16.6. The zero-order valence-electron chi connectivity index (χ0n) is 16.7. The lowest BCUT2D eigenvalue weighted by molar-refractivity contribution is -0.0511. The standard InChI is InChI=1S/C21H32N2O3/c1-16(17-9-7-6-8-10-17)23-13-20(15-25-5)11-12-21(20,14-23)22-18(24)26-19(2,3)4/h6-10,16H,11-15H2,1-5H3,(H,22,24)/t16-,20-,21?/m1/s1. The second-order valence-electron chi connectivity index (χ2n) is 8.91. The number of alkyl carbamates (subject to hydrolysis) is 1. The summed E-state index contributed by atoms with van der Waals surface area (Å²) in [6, 6.07) is 10.8. The number of likely N-dealkylation sites (tertiary alicyclic amines) is 1. The Morgan fingerprint density at radius 2 is 1.92 bits per heavy atom. The summed E-state index contributed by atoms with van der Waals surface area (Å²) in [6.07, 6.45) is 1.70. The third kappa shape index (κ3) is 3.47. The van der Waals surface area contributed by atoms with Gasteiger partial charge in [0, 0.05) is 31.7 Å². The maximum absolute atomic E-state index is 12.5. The number of rotatable bonds is 5. The minimum atomic E-state index is -0.496. The van der Waals surface area contributed by atoms with Gasteiger partial charge < -0.3 is 14.8 Å². The van der Waals surface area contributed by atoms with E-state index in [0.717, 1.165) is 25.9 Å². The van der Waals surface area contributed by atoms with Crippen LogP contribution >= 0.6 is 0 Å². The van der Waals surface area contributed by atoms with Crippen LogP contribution < -0.4 is 5.32 Å². The molecule has 1 aromatic rings. The van der Waals surface area contributed by atoms with E-state index in [-0.39, 0.29) is 17.0 Å². The predicted octanol–water partition coefficient (Wildman–Crippen LogP) is 3.75. The quantitative estimate of drug-likeness (QED) is 0.869. The van der Waals surface area contributed by atoms with E-state index in [1.807, 2.05) is 26.8 Å². The first-order valence-electron chi connectivity index (χ1n) is 9.49. The van der Waals surface area contributed by atoms with E-state index in [4.69, 9.17) is 9.47 Å². The molecule has 1 aromatic carbocycles. The third-order valence-electron chi connectivity index (χ3n) is 6.01. The number of hydrogen-bond acceptors (Lipinski definition) is 4. The zero-order chi connectivity index (χ0) is 19.0. The summed E-state index contributed by atoms with van der Waals surface area (Å²) in [5.74, 6) is 0. The molecule has 1 saturated carbocycles. The molecule has 3 atom stereocenters. The Labute approximate surface area is 157 Å². The van der Waals surface area contributed by atoms with Crippen LogP contribution in [0.25, 0.3) is 0 Å². The normalized spacial score (nSPS) is 29.6. The zero-order valence-corrected chi connectivity index (χ0v) is 16.7. The minimum absolute atomic E-state index is 0.0400. The number of nitrogens with zero attached hydrogens (tertiary/aromatic N) is 1. The van der Waals surface area contributed by atoms with Crippen LogP contribution in [0.1, 0.15) is 52.1 Å². The SMILES string of the molecule is COC[C@]12CCC1(NC(=O)OC(C)(C)C)CN([C@H](C)c1ccccc1)C2. The Kier molecular flexibility index (Phi) is 5.06. The van der Waals surface area contributed by atoms with E-state index in [2.05, 4.69) is 41.4 Å². The maximum atomic E-state index is 12.5. The molecule has 5 nitrogen and oxygen atoms in total. The van der Waals surface area contributed by atoms with Gasteiger partial charge in [0.05, 0.1) is 12.1 Å². The van der Waals surface area contributed by atoms with Gasteiger partial charge in [0.25, 0.3) is 0 Å². The van der Waals surface area contributed by atoms with Crippen LogP contribution in [0.5, 0.6) is 0 Å². The number of amides is 1. The van der Waals surface area contributed by atoms with E-state index in [0.29, 0.717) is 12.6 Å². The largest absolute Gasteiger partial charge is 0.444 e. The summed E-state index contributed by atoms with van der Waals surface area (Å²) in [5.41, 5.74) is 0.494. The van der Waals surface area contributed by atoms with Crippen molar-refractivity contribution in [3.63, 3.8) is 0 Å². The molecule has 26 heavy (non-hydrogen) atoms. The highest BCUT2D eigenvalue weighted by Crippen LogP contribution is 2.56. The highest BCUT2D eigenvalue weighted by Gasteiger charge is 2.65. The molecule has 1 unspecified atom stereocenters. The van der Waals surface area contributed by atoms with Gasteiger partial charge in [0.1, 0.15) is 5.60 Å². The molecule has 3 rings (SSSR count). The molecule has 1 N–H and O–H groups in total. The van der Waals surface area contributed by atoms with E-state index in [1.54, 1.807) is 7.11 Å². The number of nitrogens with one attached hydrogen (secondary N) is 1. The van der Waals surface area contributed by atoms with Gasteiger partial charge in [-0.3, -0.25) is 4.90 Å². The molecule has 5 heteroatoms. The van der Waals surface area contributed by atoms with E-state index >= 15 is 0 Å². The van der Waals surface area contributed by atoms with Crippen molar-refractivity contribution in [1.29, 1.82) is 0 Å². The van der Waals surface area contributed by atoms with Crippen molar-refractivity contribution < 1.29 is 14.3 Å². The summed E-state index contributed by atoms with van der Waals surface area (Å²) in [6.45, 7) is 10.3. The van der Waals surface area contributed by atoms with Gasteiger partial charge in [-0.05, 0) is 46.1 Å². The maximum Gasteiger partial charge on any atom is 0.408 e. The lowest BCUT2D eigenvalue weighted by Crippen LogP contribution is -2.68. The molecular weight excluding hydrogens is 328 g/mol. The topological polar surface area (TPSA) is 50.8 Å². The predicted molar refractivity (Wildman–Crippen MR) is 102 cm³/mol. The van der Waals surface area contributed by atoms with Crippen molar-refractivity contribution in [3.05, 3.63) is 35.9 Å². The van der Waals surface area contributed by atoms with Gasteiger partial charge in [-0.25, -0.2) is 4.79 Å². The number of methoxy groups -OCH3 is 1. The summed E-state index contributed by atoms with van der Waals surface area (Å²) in [7, 11) is 1.74. The number of fused-ring (bicyclic) bond motifs is 1. The van der Waals surface area contributed by atoms with Crippen molar-refractivity contribution in [3.8, 4) is 0 Å². The van der Waals surface area contributed by atoms with Crippen LogP contribution in [0.3, 0.4) is 0 Å². The first-order chi connectivity index (χ1) is 12.2. The number of hydrogen-bond donors (Lipinski definition) is 1.